The van der Waals surface area contributed by atoms with E-state index in [1.165, 1.54) is 0 Å². The van der Waals surface area contributed by atoms with Gasteiger partial charge in [-0.1, -0.05) is 6.92 Å². The molecule has 0 heterocycles. The maximum atomic E-state index is 9.76. The maximum Gasteiger partial charge on any atom is 0.207 e. The Morgan fingerprint density at radius 1 is 1.70 bits per heavy atom. The molecule has 1 atom stereocenters. The van der Waals surface area contributed by atoms with E-state index in [0.29, 0.717) is 18.9 Å². The first-order chi connectivity index (χ1) is 4.81. The van der Waals surface area contributed by atoms with Crippen LogP contribution in [-0.2, 0) is 4.79 Å². The molecule has 0 spiro atoms. The van der Waals surface area contributed by atoms with E-state index in [-0.39, 0.29) is 6.61 Å². The first kappa shape index (κ1) is 9.43. The lowest BCUT2D eigenvalue weighted by atomic mass is 10.1. The predicted octanol–water partition coefficient (Wildman–Crippen LogP) is 0.141. The van der Waals surface area contributed by atoms with Crippen molar-refractivity contribution in [1.82, 2.24) is 5.32 Å². The van der Waals surface area contributed by atoms with Crippen molar-refractivity contribution in [3.8, 4) is 0 Å². The zero-order valence-electron chi connectivity index (χ0n) is 6.34. The van der Waals surface area contributed by atoms with Gasteiger partial charge in [0.05, 0.1) is 0 Å². The van der Waals surface area contributed by atoms with Gasteiger partial charge in [0.25, 0.3) is 0 Å². The second-order valence-corrected chi connectivity index (χ2v) is 2.50. The van der Waals surface area contributed by atoms with Crippen LogP contribution >= 0.6 is 0 Å². The summed E-state index contributed by atoms with van der Waals surface area (Å²) >= 11 is 0. The maximum absolute atomic E-state index is 9.76. The summed E-state index contributed by atoms with van der Waals surface area (Å²) in [6.45, 7) is 2.94. The van der Waals surface area contributed by atoms with Crippen LogP contribution in [0.3, 0.4) is 0 Å². The van der Waals surface area contributed by atoms with Crippen molar-refractivity contribution in [2.45, 2.75) is 19.8 Å². The number of carbonyl (C=O) groups is 1. The first-order valence-electron chi connectivity index (χ1n) is 3.59. The van der Waals surface area contributed by atoms with Crippen LogP contribution in [0.2, 0.25) is 0 Å². The molecule has 0 rings (SSSR count). The molecule has 0 fully saturated rings. The van der Waals surface area contributed by atoms with Gasteiger partial charge in [0, 0.05) is 13.2 Å². The number of rotatable bonds is 6. The Morgan fingerprint density at radius 3 is 2.90 bits per heavy atom. The van der Waals surface area contributed by atoms with E-state index < -0.39 is 0 Å². The van der Waals surface area contributed by atoms with Crippen molar-refractivity contribution in [2.75, 3.05) is 13.2 Å². The first-order valence-corrected chi connectivity index (χ1v) is 3.59. The van der Waals surface area contributed by atoms with E-state index in [1.54, 1.807) is 0 Å². The molecule has 0 saturated heterocycles. The van der Waals surface area contributed by atoms with Crippen molar-refractivity contribution >= 4 is 6.41 Å². The zero-order valence-corrected chi connectivity index (χ0v) is 6.34. The van der Waals surface area contributed by atoms with Crippen LogP contribution in [0.15, 0.2) is 0 Å². The van der Waals surface area contributed by atoms with Gasteiger partial charge in [-0.15, -0.1) is 0 Å². The van der Waals surface area contributed by atoms with Gasteiger partial charge in [0.1, 0.15) is 0 Å². The summed E-state index contributed by atoms with van der Waals surface area (Å²) in [6, 6.07) is 0. The molecule has 0 radical (unpaired) electrons. The summed E-state index contributed by atoms with van der Waals surface area (Å²) in [6.07, 6.45) is 2.61. The Bertz CT molecular complexity index is 85.7. The van der Waals surface area contributed by atoms with Crippen LogP contribution in [0.4, 0.5) is 0 Å². The monoisotopic (exact) mass is 145 g/mol. The van der Waals surface area contributed by atoms with Crippen LogP contribution in [0.1, 0.15) is 19.8 Å². The smallest absolute Gasteiger partial charge is 0.207 e. The SMILES string of the molecule is CC(CO)CCCNC=O. The number of hydrogen-bond acceptors (Lipinski definition) is 2. The highest BCUT2D eigenvalue weighted by atomic mass is 16.3. The Morgan fingerprint density at radius 2 is 2.40 bits per heavy atom. The van der Waals surface area contributed by atoms with Gasteiger partial charge in [-0.05, 0) is 18.8 Å². The van der Waals surface area contributed by atoms with E-state index in [9.17, 15) is 4.79 Å². The number of aliphatic hydroxyl groups is 1. The third-order valence-electron chi connectivity index (χ3n) is 1.41. The van der Waals surface area contributed by atoms with Gasteiger partial charge < -0.3 is 10.4 Å². The highest BCUT2D eigenvalue weighted by Crippen LogP contribution is 2.01. The molecule has 0 aromatic rings. The summed E-state index contributed by atoms with van der Waals surface area (Å²) in [5.41, 5.74) is 0. The highest BCUT2D eigenvalue weighted by molar-refractivity contribution is 5.45. The molecule has 2 N–H and O–H groups in total. The predicted molar refractivity (Wildman–Crippen MR) is 39.6 cm³/mol. The minimum Gasteiger partial charge on any atom is -0.396 e. The average Bonchev–Trinajstić information content (AvgIpc) is 1.98. The highest BCUT2D eigenvalue weighted by Gasteiger charge is 1.97. The fourth-order valence-corrected chi connectivity index (χ4v) is 0.703. The normalized spacial score (nSPS) is 12.6. The number of aliphatic hydroxyl groups excluding tert-OH is 1. The standard InChI is InChI=1S/C7H15NO2/c1-7(5-9)3-2-4-8-6-10/h6-7,9H,2-5H2,1H3,(H,8,10). The van der Waals surface area contributed by atoms with Crippen molar-refractivity contribution in [1.29, 1.82) is 0 Å². The van der Waals surface area contributed by atoms with Crippen molar-refractivity contribution in [3.05, 3.63) is 0 Å². The number of carbonyl (C=O) groups excluding carboxylic acids is 1. The number of nitrogens with one attached hydrogen (secondary N) is 1. The third-order valence-corrected chi connectivity index (χ3v) is 1.41. The van der Waals surface area contributed by atoms with E-state index in [1.807, 2.05) is 6.92 Å². The van der Waals surface area contributed by atoms with E-state index >= 15 is 0 Å². The number of amides is 1. The molecule has 0 aliphatic carbocycles. The van der Waals surface area contributed by atoms with Gasteiger partial charge in [0.15, 0.2) is 0 Å². The molecule has 0 saturated carbocycles. The Balaban J connectivity index is 2.95. The van der Waals surface area contributed by atoms with Crippen LogP contribution < -0.4 is 5.32 Å². The van der Waals surface area contributed by atoms with Gasteiger partial charge in [-0.3, -0.25) is 4.79 Å². The van der Waals surface area contributed by atoms with Crippen molar-refractivity contribution < 1.29 is 9.90 Å². The molecular weight excluding hydrogens is 130 g/mol. The van der Waals surface area contributed by atoms with Gasteiger partial charge in [0.2, 0.25) is 6.41 Å². The van der Waals surface area contributed by atoms with Crippen molar-refractivity contribution in [3.63, 3.8) is 0 Å². The summed E-state index contributed by atoms with van der Waals surface area (Å²) in [5.74, 6) is 0.355. The van der Waals surface area contributed by atoms with Crippen LogP contribution in [0.5, 0.6) is 0 Å². The summed E-state index contributed by atoms with van der Waals surface area (Å²) < 4.78 is 0. The fraction of sp³-hybridized carbons (Fsp3) is 0.857. The fourth-order valence-electron chi connectivity index (χ4n) is 0.703. The zero-order chi connectivity index (χ0) is 7.82. The summed E-state index contributed by atoms with van der Waals surface area (Å²) in [4.78, 5) is 9.76. The minimum absolute atomic E-state index is 0.237. The van der Waals surface area contributed by atoms with E-state index in [2.05, 4.69) is 5.32 Å². The third kappa shape index (κ3) is 5.56. The summed E-state index contributed by atoms with van der Waals surface area (Å²) in [5, 5.41) is 11.2. The lowest BCUT2D eigenvalue weighted by Crippen LogP contribution is -2.13. The summed E-state index contributed by atoms with van der Waals surface area (Å²) in [7, 11) is 0. The largest absolute Gasteiger partial charge is 0.396 e. The molecule has 0 aromatic heterocycles. The molecule has 0 aliphatic heterocycles. The molecule has 1 amide bonds. The van der Waals surface area contributed by atoms with Gasteiger partial charge in [-0.2, -0.15) is 0 Å². The number of hydrogen-bond donors (Lipinski definition) is 2. The van der Waals surface area contributed by atoms with Crippen LogP contribution in [0.25, 0.3) is 0 Å². The molecule has 10 heavy (non-hydrogen) atoms. The van der Waals surface area contributed by atoms with Gasteiger partial charge >= 0.3 is 0 Å². The quantitative estimate of drug-likeness (QED) is 0.412. The topological polar surface area (TPSA) is 49.3 Å². The second kappa shape index (κ2) is 6.55. The molecule has 60 valence electrons. The molecule has 0 bridgehead atoms. The van der Waals surface area contributed by atoms with Crippen LogP contribution in [-0.4, -0.2) is 24.7 Å². The molecule has 3 heteroatoms. The Labute approximate surface area is 61.4 Å². The lowest BCUT2D eigenvalue weighted by Gasteiger charge is -2.05. The van der Waals surface area contributed by atoms with Crippen LogP contribution in [0, 0.1) is 5.92 Å². The Hall–Kier alpha value is -0.570. The molecule has 1 unspecified atom stereocenters. The second-order valence-electron chi connectivity index (χ2n) is 2.50. The molecule has 0 aromatic carbocycles. The minimum atomic E-state index is 0.237. The lowest BCUT2D eigenvalue weighted by molar-refractivity contribution is -0.109. The van der Waals surface area contributed by atoms with E-state index in [0.717, 1.165) is 12.8 Å². The van der Waals surface area contributed by atoms with E-state index in [4.69, 9.17) is 5.11 Å². The molecular formula is C7H15NO2. The molecule has 3 nitrogen and oxygen atoms in total. The van der Waals surface area contributed by atoms with Crippen molar-refractivity contribution in [2.24, 2.45) is 5.92 Å². The average molecular weight is 145 g/mol. The van der Waals surface area contributed by atoms with Gasteiger partial charge in [-0.25, -0.2) is 0 Å². The Kier molecular flexibility index (Phi) is 6.18. The molecule has 0 aliphatic rings.